The highest BCUT2D eigenvalue weighted by atomic mass is 79.9. The lowest BCUT2D eigenvalue weighted by atomic mass is 10.4. The molecule has 0 nitrogen and oxygen atoms in total. The van der Waals surface area contributed by atoms with Crippen molar-refractivity contribution in [2.45, 2.75) is 19.8 Å². The average Bonchev–Trinajstić information content (AvgIpc) is 2.34. The van der Waals surface area contributed by atoms with Gasteiger partial charge in [0.15, 0.2) is 0 Å². The molecule has 0 saturated carbocycles. The molecular formula is C8H15BrS. The Kier molecular flexibility index (Phi) is 6.65. The Morgan fingerprint density at radius 3 is 2.40 bits per heavy atom. The molecule has 0 radical (unpaired) electrons. The molecular weight excluding hydrogens is 208 g/mol. The molecule has 0 aromatic heterocycles. The lowest BCUT2D eigenvalue weighted by Crippen LogP contribution is -3.00. The molecule has 1 heterocycles. The molecule has 1 saturated heterocycles. The van der Waals surface area contributed by atoms with Crippen molar-refractivity contribution in [3.05, 3.63) is 12.2 Å². The molecule has 2 heteroatoms. The fourth-order valence-corrected chi connectivity index (χ4v) is 3.34. The molecule has 60 valence electrons. The summed E-state index contributed by atoms with van der Waals surface area (Å²) in [6.45, 7) is 2.11. The van der Waals surface area contributed by atoms with E-state index in [-0.39, 0.29) is 17.0 Å². The van der Waals surface area contributed by atoms with E-state index in [1.54, 1.807) is 0 Å². The van der Waals surface area contributed by atoms with Crippen molar-refractivity contribution in [2.75, 3.05) is 17.3 Å². The second-order valence-electron chi connectivity index (χ2n) is 2.46. The summed E-state index contributed by atoms with van der Waals surface area (Å²) < 4.78 is 0. The van der Waals surface area contributed by atoms with Crippen molar-refractivity contribution >= 4 is 10.9 Å². The summed E-state index contributed by atoms with van der Waals surface area (Å²) in [6, 6.07) is 0. The topological polar surface area (TPSA) is 0 Å². The van der Waals surface area contributed by atoms with Crippen LogP contribution in [0, 0.1) is 0 Å². The molecule has 0 unspecified atom stereocenters. The monoisotopic (exact) mass is 222 g/mol. The van der Waals surface area contributed by atoms with Crippen LogP contribution in [0.25, 0.3) is 0 Å². The SMILES string of the molecule is CC=CC[S+]1CCCC1.[Br-]. The largest absolute Gasteiger partial charge is 1.00 e. The maximum atomic E-state index is 2.31. The fraction of sp³-hybridized carbons (Fsp3) is 0.750. The summed E-state index contributed by atoms with van der Waals surface area (Å²) in [5.41, 5.74) is 0. The predicted octanol–water partition coefficient (Wildman–Crippen LogP) is -1.02. The van der Waals surface area contributed by atoms with Crippen LogP contribution in [0.4, 0.5) is 0 Å². The first kappa shape index (κ1) is 10.6. The Morgan fingerprint density at radius 2 is 1.90 bits per heavy atom. The quantitative estimate of drug-likeness (QED) is 0.415. The second-order valence-corrected chi connectivity index (χ2v) is 4.84. The number of allylic oxidation sites excluding steroid dienone is 1. The highest BCUT2D eigenvalue weighted by Crippen LogP contribution is 2.12. The number of halogens is 1. The van der Waals surface area contributed by atoms with E-state index in [4.69, 9.17) is 0 Å². The Hall–Kier alpha value is 0.570. The predicted molar refractivity (Wildman–Crippen MR) is 46.0 cm³/mol. The van der Waals surface area contributed by atoms with E-state index in [0.717, 1.165) is 10.9 Å². The Balaban J connectivity index is 0.000000810. The fourth-order valence-electron chi connectivity index (χ4n) is 1.11. The van der Waals surface area contributed by atoms with Crippen molar-refractivity contribution in [1.29, 1.82) is 0 Å². The molecule has 0 aromatic carbocycles. The van der Waals surface area contributed by atoms with Gasteiger partial charge in [0.1, 0.15) is 17.3 Å². The number of rotatable bonds is 2. The van der Waals surface area contributed by atoms with Gasteiger partial charge in [-0.15, -0.1) is 0 Å². The molecule has 0 aromatic rings. The number of hydrogen-bond acceptors (Lipinski definition) is 0. The highest BCUT2D eigenvalue weighted by Gasteiger charge is 2.21. The molecule has 1 fully saturated rings. The van der Waals surface area contributed by atoms with Gasteiger partial charge in [0.25, 0.3) is 0 Å². The van der Waals surface area contributed by atoms with Crippen LogP contribution < -0.4 is 17.0 Å². The molecule has 0 bridgehead atoms. The average molecular weight is 223 g/mol. The van der Waals surface area contributed by atoms with Crippen molar-refractivity contribution in [2.24, 2.45) is 0 Å². The molecule has 0 amide bonds. The lowest BCUT2D eigenvalue weighted by molar-refractivity contribution is -0.00000195. The molecule has 1 aliphatic heterocycles. The Morgan fingerprint density at radius 1 is 1.30 bits per heavy atom. The zero-order valence-corrected chi connectivity index (χ0v) is 8.88. The molecule has 0 N–H and O–H groups in total. The zero-order valence-electron chi connectivity index (χ0n) is 6.48. The van der Waals surface area contributed by atoms with E-state index in [9.17, 15) is 0 Å². The van der Waals surface area contributed by atoms with Crippen molar-refractivity contribution < 1.29 is 17.0 Å². The van der Waals surface area contributed by atoms with Gasteiger partial charge in [0.05, 0.1) is 0 Å². The van der Waals surface area contributed by atoms with Gasteiger partial charge in [0, 0.05) is 0 Å². The van der Waals surface area contributed by atoms with E-state index in [1.807, 2.05) is 0 Å². The first-order chi connectivity index (χ1) is 4.43. The van der Waals surface area contributed by atoms with Gasteiger partial charge in [0.2, 0.25) is 0 Å². The molecule has 1 rings (SSSR count). The minimum Gasteiger partial charge on any atom is -1.00 e. The van der Waals surface area contributed by atoms with Gasteiger partial charge in [-0.3, -0.25) is 0 Å². The van der Waals surface area contributed by atoms with Crippen LogP contribution in [-0.2, 0) is 10.9 Å². The van der Waals surface area contributed by atoms with Crippen LogP contribution in [0.15, 0.2) is 12.2 Å². The van der Waals surface area contributed by atoms with Crippen molar-refractivity contribution in [1.82, 2.24) is 0 Å². The number of hydrogen-bond donors (Lipinski definition) is 0. The smallest absolute Gasteiger partial charge is 0.126 e. The normalized spacial score (nSPS) is 19.7. The summed E-state index contributed by atoms with van der Waals surface area (Å²) in [5, 5.41) is 0. The molecule has 0 spiro atoms. The molecule has 0 aliphatic carbocycles. The third-order valence-electron chi connectivity index (χ3n) is 1.68. The van der Waals surface area contributed by atoms with E-state index in [0.29, 0.717) is 0 Å². The molecule has 1 aliphatic rings. The van der Waals surface area contributed by atoms with E-state index >= 15 is 0 Å². The van der Waals surface area contributed by atoms with Crippen LogP contribution >= 0.6 is 0 Å². The van der Waals surface area contributed by atoms with Crippen LogP contribution in [0.3, 0.4) is 0 Å². The third-order valence-corrected chi connectivity index (χ3v) is 4.08. The van der Waals surface area contributed by atoms with Gasteiger partial charge in [-0.2, -0.15) is 0 Å². The summed E-state index contributed by atoms with van der Waals surface area (Å²) in [7, 11) is 0.786. The minimum absolute atomic E-state index is 0. The zero-order chi connectivity index (χ0) is 6.53. The summed E-state index contributed by atoms with van der Waals surface area (Å²) in [6.07, 6.45) is 7.46. The first-order valence-corrected chi connectivity index (χ1v) is 5.42. The summed E-state index contributed by atoms with van der Waals surface area (Å²) >= 11 is 0. The Labute approximate surface area is 77.2 Å². The van der Waals surface area contributed by atoms with Crippen molar-refractivity contribution in [3.63, 3.8) is 0 Å². The first-order valence-electron chi connectivity index (χ1n) is 3.68. The van der Waals surface area contributed by atoms with E-state index in [2.05, 4.69) is 19.1 Å². The van der Waals surface area contributed by atoms with Gasteiger partial charge in [-0.1, -0.05) is 6.08 Å². The molecule has 10 heavy (non-hydrogen) atoms. The summed E-state index contributed by atoms with van der Waals surface area (Å²) in [4.78, 5) is 0. The minimum atomic E-state index is 0. The second kappa shape index (κ2) is 6.29. The van der Waals surface area contributed by atoms with Gasteiger partial charge in [-0.25, -0.2) is 0 Å². The van der Waals surface area contributed by atoms with E-state index in [1.165, 1.54) is 30.1 Å². The summed E-state index contributed by atoms with van der Waals surface area (Å²) in [5.74, 6) is 4.37. The van der Waals surface area contributed by atoms with Crippen molar-refractivity contribution in [3.8, 4) is 0 Å². The maximum absolute atomic E-state index is 2.31. The third kappa shape index (κ3) is 3.67. The van der Waals surface area contributed by atoms with Crippen LogP contribution in [-0.4, -0.2) is 17.3 Å². The van der Waals surface area contributed by atoms with E-state index < -0.39 is 0 Å². The maximum Gasteiger partial charge on any atom is 0.126 e. The van der Waals surface area contributed by atoms with Crippen LogP contribution in [0.5, 0.6) is 0 Å². The van der Waals surface area contributed by atoms with Crippen LogP contribution in [0.1, 0.15) is 19.8 Å². The van der Waals surface area contributed by atoms with Crippen LogP contribution in [0.2, 0.25) is 0 Å². The standard InChI is InChI=1S/C8H15S.BrH/c1-2-3-6-9-7-4-5-8-9;/h2-3H,4-8H2,1H3;1H/q+1;/p-1. The Bertz CT molecular complexity index is 95.4. The highest BCUT2D eigenvalue weighted by molar-refractivity contribution is 7.97. The molecule has 0 atom stereocenters. The van der Waals surface area contributed by atoms with Gasteiger partial charge < -0.3 is 17.0 Å². The van der Waals surface area contributed by atoms with Gasteiger partial charge in [-0.05, 0) is 36.7 Å². The van der Waals surface area contributed by atoms with Gasteiger partial charge >= 0.3 is 0 Å². The lowest BCUT2D eigenvalue weighted by Gasteiger charge is -1.92.